The zero-order chi connectivity index (χ0) is 17.0. The molecule has 2 aromatic carbocycles. The molecule has 2 aromatic rings. The Hall–Kier alpha value is -1.62. The van der Waals surface area contributed by atoms with Gasteiger partial charge in [0.2, 0.25) is 5.91 Å². The van der Waals surface area contributed by atoms with Gasteiger partial charge < -0.3 is 5.32 Å². The molecule has 0 aliphatic carbocycles. The quantitative estimate of drug-likeness (QED) is 0.851. The Morgan fingerprint density at radius 3 is 2.48 bits per heavy atom. The van der Waals surface area contributed by atoms with E-state index >= 15 is 0 Å². The number of nitrogens with zero attached hydrogens (tertiary/aromatic N) is 1. The van der Waals surface area contributed by atoms with Crippen LogP contribution in [0.2, 0.25) is 10.0 Å². The largest absolute Gasteiger partial charge is 0.323 e. The van der Waals surface area contributed by atoms with Gasteiger partial charge in [0.05, 0.1) is 16.8 Å². The lowest BCUT2D eigenvalue weighted by molar-refractivity contribution is -0.120. The van der Waals surface area contributed by atoms with Gasteiger partial charge in [0, 0.05) is 11.6 Å². The van der Waals surface area contributed by atoms with Gasteiger partial charge in [-0.3, -0.25) is 9.69 Å². The predicted molar refractivity (Wildman–Crippen MR) is 92.4 cm³/mol. The molecule has 1 atom stereocenters. The molecule has 0 bridgehead atoms. The molecule has 0 saturated carbocycles. The van der Waals surface area contributed by atoms with Gasteiger partial charge in [-0.05, 0) is 49.9 Å². The molecule has 0 fully saturated rings. The van der Waals surface area contributed by atoms with Crippen LogP contribution >= 0.6 is 23.2 Å². The molecule has 3 nitrogen and oxygen atoms in total. The van der Waals surface area contributed by atoms with E-state index in [0.717, 1.165) is 5.56 Å². The first kappa shape index (κ1) is 17.7. The van der Waals surface area contributed by atoms with Crippen molar-refractivity contribution in [2.75, 3.05) is 12.4 Å². The maximum atomic E-state index is 13.0. The number of carbonyl (C=O) groups is 1. The lowest BCUT2D eigenvalue weighted by Gasteiger charge is -2.24. The van der Waals surface area contributed by atoms with E-state index in [9.17, 15) is 9.18 Å². The van der Waals surface area contributed by atoms with E-state index < -0.39 is 5.82 Å². The van der Waals surface area contributed by atoms with Gasteiger partial charge in [-0.15, -0.1) is 0 Å². The molecule has 1 N–H and O–H groups in total. The normalized spacial score (nSPS) is 12.3. The number of likely N-dealkylation sites (N-methyl/N-ethyl adjacent to an activating group) is 1. The van der Waals surface area contributed by atoms with Gasteiger partial charge in [-0.1, -0.05) is 35.3 Å². The van der Waals surface area contributed by atoms with E-state index in [2.05, 4.69) is 5.32 Å². The van der Waals surface area contributed by atoms with Crippen LogP contribution in [0.3, 0.4) is 0 Å². The molecule has 1 amide bonds. The number of hydrogen-bond acceptors (Lipinski definition) is 2. The molecule has 0 aliphatic rings. The van der Waals surface area contributed by atoms with Gasteiger partial charge >= 0.3 is 0 Å². The fourth-order valence-electron chi connectivity index (χ4n) is 2.04. The third-order valence-corrected chi connectivity index (χ3v) is 4.14. The van der Waals surface area contributed by atoms with Crippen molar-refractivity contribution in [3.8, 4) is 0 Å². The Labute approximate surface area is 145 Å². The van der Waals surface area contributed by atoms with Crippen molar-refractivity contribution in [1.29, 1.82) is 0 Å². The summed E-state index contributed by atoms with van der Waals surface area (Å²) in [5.41, 5.74) is 1.45. The highest BCUT2D eigenvalue weighted by molar-refractivity contribution is 6.33. The number of rotatable bonds is 5. The summed E-state index contributed by atoms with van der Waals surface area (Å²) in [4.78, 5) is 14.2. The number of benzene rings is 2. The zero-order valence-corrected chi connectivity index (χ0v) is 14.3. The minimum absolute atomic E-state index is 0.172. The Morgan fingerprint density at radius 1 is 1.22 bits per heavy atom. The van der Waals surface area contributed by atoms with Crippen molar-refractivity contribution in [1.82, 2.24) is 4.90 Å². The first-order valence-electron chi connectivity index (χ1n) is 7.07. The molecular formula is C17H17Cl2FN2O. The van der Waals surface area contributed by atoms with Gasteiger partial charge in [-0.25, -0.2) is 4.39 Å². The summed E-state index contributed by atoms with van der Waals surface area (Å²) in [6.45, 7) is 2.39. The van der Waals surface area contributed by atoms with Crippen LogP contribution in [-0.2, 0) is 11.3 Å². The molecule has 122 valence electrons. The van der Waals surface area contributed by atoms with Crippen LogP contribution < -0.4 is 5.32 Å². The van der Waals surface area contributed by atoms with Crippen molar-refractivity contribution in [2.45, 2.75) is 19.5 Å². The number of anilines is 1. The van der Waals surface area contributed by atoms with Crippen LogP contribution in [0.15, 0.2) is 42.5 Å². The van der Waals surface area contributed by atoms with Gasteiger partial charge in [0.25, 0.3) is 0 Å². The van der Waals surface area contributed by atoms with Crippen molar-refractivity contribution in [2.24, 2.45) is 0 Å². The fourth-order valence-corrected chi connectivity index (χ4v) is 2.38. The molecule has 0 saturated heterocycles. The molecule has 0 aliphatic heterocycles. The number of nitrogens with one attached hydrogen (secondary N) is 1. The lowest BCUT2D eigenvalue weighted by Crippen LogP contribution is -2.39. The van der Waals surface area contributed by atoms with E-state index in [0.29, 0.717) is 17.3 Å². The number of amides is 1. The maximum absolute atomic E-state index is 13.0. The summed E-state index contributed by atoms with van der Waals surface area (Å²) in [5.74, 6) is -0.657. The van der Waals surface area contributed by atoms with Crippen molar-refractivity contribution in [3.05, 3.63) is 63.9 Å². The fraction of sp³-hybridized carbons (Fsp3) is 0.235. The maximum Gasteiger partial charge on any atom is 0.241 e. The van der Waals surface area contributed by atoms with Crippen molar-refractivity contribution in [3.63, 3.8) is 0 Å². The summed E-state index contributed by atoms with van der Waals surface area (Å²) in [7, 11) is 1.85. The van der Waals surface area contributed by atoms with E-state index in [1.807, 2.05) is 36.2 Å². The van der Waals surface area contributed by atoms with Crippen molar-refractivity contribution < 1.29 is 9.18 Å². The summed E-state index contributed by atoms with van der Waals surface area (Å²) in [6.07, 6.45) is 0. The second kappa shape index (κ2) is 7.77. The van der Waals surface area contributed by atoms with Crippen LogP contribution in [0.1, 0.15) is 12.5 Å². The first-order valence-corrected chi connectivity index (χ1v) is 7.83. The SMILES string of the molecule is CC(C(=O)Nc1ccc(F)cc1Cl)N(C)Cc1ccc(Cl)cc1. The average Bonchev–Trinajstić information content (AvgIpc) is 2.51. The first-order chi connectivity index (χ1) is 10.9. The van der Waals surface area contributed by atoms with E-state index in [1.165, 1.54) is 18.2 Å². The minimum atomic E-state index is -0.444. The molecule has 23 heavy (non-hydrogen) atoms. The predicted octanol–water partition coefficient (Wildman–Crippen LogP) is 4.59. The topological polar surface area (TPSA) is 32.3 Å². The Kier molecular flexibility index (Phi) is 5.99. The monoisotopic (exact) mass is 354 g/mol. The second-order valence-corrected chi connectivity index (χ2v) is 6.17. The van der Waals surface area contributed by atoms with Crippen LogP contribution in [0.25, 0.3) is 0 Å². The second-order valence-electron chi connectivity index (χ2n) is 5.33. The highest BCUT2D eigenvalue weighted by Crippen LogP contribution is 2.23. The van der Waals surface area contributed by atoms with E-state index in [-0.39, 0.29) is 17.0 Å². The Balaban J connectivity index is 1.99. The van der Waals surface area contributed by atoms with Gasteiger partial charge in [0.1, 0.15) is 5.82 Å². The molecule has 0 radical (unpaired) electrons. The molecular weight excluding hydrogens is 338 g/mol. The number of hydrogen-bond donors (Lipinski definition) is 1. The van der Waals surface area contributed by atoms with Crippen molar-refractivity contribution >= 4 is 34.8 Å². The lowest BCUT2D eigenvalue weighted by atomic mass is 10.2. The van der Waals surface area contributed by atoms with Gasteiger partial charge in [0.15, 0.2) is 0 Å². The molecule has 1 unspecified atom stereocenters. The van der Waals surface area contributed by atoms with Crippen LogP contribution in [0, 0.1) is 5.82 Å². The number of halogens is 3. The highest BCUT2D eigenvalue weighted by Gasteiger charge is 2.19. The zero-order valence-electron chi connectivity index (χ0n) is 12.8. The molecule has 0 heterocycles. The van der Waals surface area contributed by atoms with Crippen LogP contribution in [0.5, 0.6) is 0 Å². The minimum Gasteiger partial charge on any atom is -0.323 e. The molecule has 6 heteroatoms. The number of carbonyl (C=O) groups excluding carboxylic acids is 1. The van der Waals surface area contributed by atoms with E-state index in [1.54, 1.807) is 6.92 Å². The third-order valence-electron chi connectivity index (χ3n) is 3.57. The molecule has 2 rings (SSSR count). The van der Waals surface area contributed by atoms with Crippen LogP contribution in [0.4, 0.5) is 10.1 Å². The van der Waals surface area contributed by atoms with Crippen LogP contribution in [-0.4, -0.2) is 23.9 Å². The Bertz CT molecular complexity index is 691. The smallest absolute Gasteiger partial charge is 0.241 e. The summed E-state index contributed by atoms with van der Waals surface area (Å²) >= 11 is 11.8. The summed E-state index contributed by atoms with van der Waals surface area (Å²) in [6, 6.07) is 10.9. The van der Waals surface area contributed by atoms with E-state index in [4.69, 9.17) is 23.2 Å². The average molecular weight is 355 g/mol. The standard InChI is InChI=1S/C17H17Cl2FN2O/c1-11(22(2)10-12-3-5-13(18)6-4-12)17(23)21-16-8-7-14(20)9-15(16)19/h3-9,11H,10H2,1-2H3,(H,21,23). The molecule has 0 spiro atoms. The van der Waals surface area contributed by atoms with Gasteiger partial charge in [-0.2, -0.15) is 0 Å². The highest BCUT2D eigenvalue weighted by atomic mass is 35.5. The summed E-state index contributed by atoms with van der Waals surface area (Å²) < 4.78 is 13.0. The Morgan fingerprint density at radius 2 is 1.87 bits per heavy atom. The third kappa shape index (κ3) is 4.93. The molecule has 0 aromatic heterocycles. The summed E-state index contributed by atoms with van der Waals surface area (Å²) in [5, 5.41) is 3.56.